The number of likely N-dealkylation sites (tertiary alicyclic amines) is 1. The molecule has 3 aliphatic heterocycles. The molecule has 1 amide bonds. The molecule has 1 N–H and O–H groups in total. The smallest absolute Gasteiger partial charge is 0.236 e. The molecule has 0 spiro atoms. The van der Waals surface area contributed by atoms with Gasteiger partial charge in [-0.1, -0.05) is 6.92 Å². The lowest BCUT2D eigenvalue weighted by atomic mass is 10.1. The fourth-order valence-corrected chi connectivity index (χ4v) is 4.33. The Morgan fingerprint density at radius 1 is 0.966 bits per heavy atom. The van der Waals surface area contributed by atoms with Crippen LogP contribution in [0.15, 0.2) is 4.99 Å². The number of amides is 1. The van der Waals surface area contributed by atoms with Crippen LogP contribution in [0.25, 0.3) is 0 Å². The Bertz CT molecular complexity index is 523. The maximum Gasteiger partial charge on any atom is 0.236 e. The molecule has 0 aromatic carbocycles. The molecular formula is C21H40N6O2. The fraction of sp³-hybridized carbons (Fsp3) is 0.905. The number of rotatable bonds is 7. The van der Waals surface area contributed by atoms with Gasteiger partial charge in [0.15, 0.2) is 5.96 Å². The quantitative estimate of drug-likeness (QED) is 0.478. The molecule has 3 rings (SSSR count). The van der Waals surface area contributed by atoms with E-state index in [1.807, 2.05) is 4.90 Å². The number of hydrogen-bond donors (Lipinski definition) is 1. The number of ether oxygens (including phenoxy) is 1. The first-order valence-corrected chi connectivity index (χ1v) is 11.5. The molecule has 0 aliphatic carbocycles. The normalized spacial score (nSPS) is 23.4. The van der Waals surface area contributed by atoms with Crippen molar-refractivity contribution in [3.63, 3.8) is 0 Å². The third kappa shape index (κ3) is 7.12. The Balaban J connectivity index is 1.42. The van der Waals surface area contributed by atoms with Crippen molar-refractivity contribution >= 4 is 11.9 Å². The van der Waals surface area contributed by atoms with Gasteiger partial charge in [-0.2, -0.15) is 0 Å². The predicted molar refractivity (Wildman–Crippen MR) is 116 cm³/mol. The van der Waals surface area contributed by atoms with Crippen LogP contribution < -0.4 is 5.32 Å². The number of nitrogens with one attached hydrogen (secondary N) is 1. The Morgan fingerprint density at radius 2 is 1.66 bits per heavy atom. The summed E-state index contributed by atoms with van der Waals surface area (Å²) in [6, 6.07) is 0. The molecule has 3 heterocycles. The number of piperazine rings is 1. The molecule has 1 atom stereocenters. The zero-order chi connectivity index (χ0) is 20.5. The van der Waals surface area contributed by atoms with Crippen molar-refractivity contribution in [3.8, 4) is 0 Å². The van der Waals surface area contributed by atoms with Gasteiger partial charge in [0, 0.05) is 72.0 Å². The van der Waals surface area contributed by atoms with Crippen molar-refractivity contribution < 1.29 is 9.53 Å². The van der Waals surface area contributed by atoms with E-state index >= 15 is 0 Å². The largest absolute Gasteiger partial charge is 0.379 e. The van der Waals surface area contributed by atoms with Crippen LogP contribution in [0.5, 0.6) is 0 Å². The Hall–Kier alpha value is -1.38. The van der Waals surface area contributed by atoms with E-state index in [0.29, 0.717) is 18.4 Å². The zero-order valence-electron chi connectivity index (χ0n) is 18.4. The van der Waals surface area contributed by atoms with Crippen molar-refractivity contribution in [1.29, 1.82) is 0 Å². The summed E-state index contributed by atoms with van der Waals surface area (Å²) in [7, 11) is 0. The number of carbonyl (C=O) groups excluding carboxylic acids is 1. The van der Waals surface area contributed by atoms with Crippen molar-refractivity contribution in [3.05, 3.63) is 0 Å². The van der Waals surface area contributed by atoms with Crippen LogP contribution in [0, 0.1) is 5.92 Å². The second kappa shape index (κ2) is 11.7. The molecule has 0 aromatic rings. The van der Waals surface area contributed by atoms with Crippen molar-refractivity contribution in [2.45, 2.75) is 26.7 Å². The first kappa shape index (κ1) is 22.3. The average Bonchev–Trinajstić information content (AvgIpc) is 3.28. The maximum atomic E-state index is 12.4. The third-order valence-corrected chi connectivity index (χ3v) is 6.05. The zero-order valence-corrected chi connectivity index (χ0v) is 18.4. The number of carbonyl (C=O) groups is 1. The molecule has 29 heavy (non-hydrogen) atoms. The molecule has 166 valence electrons. The van der Waals surface area contributed by atoms with E-state index in [9.17, 15) is 4.79 Å². The molecule has 3 saturated heterocycles. The summed E-state index contributed by atoms with van der Waals surface area (Å²) in [5, 5.41) is 3.46. The predicted octanol–water partition coefficient (Wildman–Crippen LogP) is 0.160. The van der Waals surface area contributed by atoms with E-state index in [1.54, 1.807) is 0 Å². The van der Waals surface area contributed by atoms with Crippen LogP contribution in [0.1, 0.15) is 26.7 Å². The van der Waals surface area contributed by atoms with E-state index in [0.717, 1.165) is 104 Å². The summed E-state index contributed by atoms with van der Waals surface area (Å²) in [5.41, 5.74) is 0. The SMILES string of the molecule is CCNC(=NCC(C)CN1CCOCC1)N1CCN(CC(=O)N2CCCC2)CC1. The summed E-state index contributed by atoms with van der Waals surface area (Å²) in [5.74, 6) is 1.85. The van der Waals surface area contributed by atoms with Gasteiger partial charge in [0.2, 0.25) is 5.91 Å². The van der Waals surface area contributed by atoms with Gasteiger partial charge in [-0.05, 0) is 25.7 Å². The molecule has 8 heteroatoms. The van der Waals surface area contributed by atoms with Gasteiger partial charge in [-0.3, -0.25) is 19.6 Å². The highest BCUT2D eigenvalue weighted by atomic mass is 16.5. The first-order valence-electron chi connectivity index (χ1n) is 11.5. The van der Waals surface area contributed by atoms with Gasteiger partial charge in [-0.15, -0.1) is 0 Å². The summed E-state index contributed by atoms with van der Waals surface area (Å²) in [4.78, 5) is 26.5. The minimum Gasteiger partial charge on any atom is -0.379 e. The molecule has 0 bridgehead atoms. The van der Waals surface area contributed by atoms with Crippen LogP contribution in [0.3, 0.4) is 0 Å². The molecule has 3 aliphatic rings. The second-order valence-corrected chi connectivity index (χ2v) is 8.56. The minimum atomic E-state index is 0.300. The summed E-state index contributed by atoms with van der Waals surface area (Å²) < 4.78 is 5.44. The molecule has 1 unspecified atom stereocenters. The standard InChI is InChI=1S/C21H40N6O2/c1-3-22-21(23-16-19(2)17-25-12-14-29-15-13-25)27-10-8-24(9-11-27)18-20(28)26-6-4-5-7-26/h19H,3-18H2,1-2H3,(H,22,23). The number of aliphatic imine (C=N–C) groups is 1. The van der Waals surface area contributed by atoms with Crippen molar-refractivity contribution in [2.24, 2.45) is 10.9 Å². The van der Waals surface area contributed by atoms with E-state index in [-0.39, 0.29) is 0 Å². The van der Waals surface area contributed by atoms with Crippen molar-refractivity contribution in [2.75, 3.05) is 91.8 Å². The lowest BCUT2D eigenvalue weighted by molar-refractivity contribution is -0.131. The van der Waals surface area contributed by atoms with Crippen LogP contribution in [0.4, 0.5) is 0 Å². The Kier molecular flexibility index (Phi) is 9.01. The van der Waals surface area contributed by atoms with Gasteiger partial charge >= 0.3 is 0 Å². The molecule has 3 fully saturated rings. The third-order valence-electron chi connectivity index (χ3n) is 6.05. The fourth-order valence-electron chi connectivity index (χ4n) is 4.33. The lowest BCUT2D eigenvalue weighted by Crippen LogP contribution is -2.54. The maximum absolute atomic E-state index is 12.4. The first-order chi connectivity index (χ1) is 14.2. The van der Waals surface area contributed by atoms with Crippen LogP contribution in [-0.4, -0.2) is 123 Å². The highest BCUT2D eigenvalue weighted by Crippen LogP contribution is 2.10. The second-order valence-electron chi connectivity index (χ2n) is 8.56. The van der Waals surface area contributed by atoms with Crippen LogP contribution in [0.2, 0.25) is 0 Å². The lowest BCUT2D eigenvalue weighted by Gasteiger charge is -2.37. The van der Waals surface area contributed by atoms with Crippen LogP contribution in [-0.2, 0) is 9.53 Å². The van der Waals surface area contributed by atoms with E-state index < -0.39 is 0 Å². The molecule has 8 nitrogen and oxygen atoms in total. The van der Waals surface area contributed by atoms with Gasteiger partial charge < -0.3 is 19.9 Å². The van der Waals surface area contributed by atoms with Crippen molar-refractivity contribution in [1.82, 2.24) is 24.9 Å². The molecular weight excluding hydrogens is 368 g/mol. The highest BCUT2D eigenvalue weighted by Gasteiger charge is 2.24. The summed E-state index contributed by atoms with van der Waals surface area (Å²) >= 11 is 0. The molecule has 0 aromatic heterocycles. The van der Waals surface area contributed by atoms with Gasteiger partial charge in [0.05, 0.1) is 19.8 Å². The van der Waals surface area contributed by atoms with Gasteiger partial charge in [-0.25, -0.2) is 0 Å². The van der Waals surface area contributed by atoms with Gasteiger partial charge in [0.1, 0.15) is 0 Å². The highest BCUT2D eigenvalue weighted by molar-refractivity contribution is 5.80. The number of nitrogens with zero attached hydrogens (tertiary/aromatic N) is 5. The average molecular weight is 409 g/mol. The number of guanidine groups is 1. The number of hydrogen-bond acceptors (Lipinski definition) is 5. The molecule has 0 saturated carbocycles. The topological polar surface area (TPSA) is 63.7 Å². The number of morpholine rings is 1. The van der Waals surface area contributed by atoms with E-state index in [1.165, 1.54) is 0 Å². The van der Waals surface area contributed by atoms with E-state index in [4.69, 9.17) is 9.73 Å². The summed E-state index contributed by atoms with van der Waals surface area (Å²) in [6.07, 6.45) is 2.32. The Morgan fingerprint density at radius 3 is 2.31 bits per heavy atom. The summed E-state index contributed by atoms with van der Waals surface area (Å²) in [6.45, 7) is 17.1. The van der Waals surface area contributed by atoms with E-state index in [2.05, 4.69) is 33.9 Å². The minimum absolute atomic E-state index is 0.300. The van der Waals surface area contributed by atoms with Crippen LogP contribution >= 0.6 is 0 Å². The Labute approximate surface area is 176 Å². The molecule has 0 radical (unpaired) electrons. The monoisotopic (exact) mass is 408 g/mol. The van der Waals surface area contributed by atoms with Gasteiger partial charge in [0.25, 0.3) is 0 Å².